The van der Waals surface area contributed by atoms with Crippen LogP contribution in [0.5, 0.6) is 0 Å². The summed E-state index contributed by atoms with van der Waals surface area (Å²) in [4.78, 5) is 27.8. The molecule has 12 heteroatoms. The van der Waals surface area contributed by atoms with E-state index >= 15 is 0 Å². The number of rotatable bonds is 7. The van der Waals surface area contributed by atoms with Gasteiger partial charge in [0.05, 0.1) is 35.9 Å². The summed E-state index contributed by atoms with van der Waals surface area (Å²) in [7, 11) is 1.80. The number of aromatic nitrogens is 4. The van der Waals surface area contributed by atoms with Crippen LogP contribution >= 0.6 is 0 Å². The average molecular weight is 638 g/mol. The molecule has 0 radical (unpaired) electrons. The van der Waals surface area contributed by atoms with Gasteiger partial charge in [-0.1, -0.05) is 0 Å². The number of nitrogens with one attached hydrogen (secondary N) is 3. The first-order valence-electron chi connectivity index (χ1n) is 17.0. The van der Waals surface area contributed by atoms with Gasteiger partial charge in [0.25, 0.3) is 0 Å². The molecule has 2 aromatic carbocycles. The maximum atomic E-state index is 12.8. The van der Waals surface area contributed by atoms with Gasteiger partial charge < -0.3 is 35.2 Å². The lowest BCUT2D eigenvalue weighted by atomic mass is 9.93. The molecule has 3 N–H and O–H groups in total. The fourth-order valence-corrected chi connectivity index (χ4v) is 7.54. The molecule has 2 bridgehead atoms. The van der Waals surface area contributed by atoms with Crippen molar-refractivity contribution in [1.29, 1.82) is 0 Å². The molecule has 246 valence electrons. The fraction of sp³-hybridized carbons (Fsp3) is 0.486. The third-order valence-electron chi connectivity index (χ3n) is 10.1. The van der Waals surface area contributed by atoms with E-state index < -0.39 is 0 Å². The minimum Gasteiger partial charge on any atom is -0.381 e. The summed E-state index contributed by atoms with van der Waals surface area (Å²) in [5.74, 6) is 1.57. The Morgan fingerprint density at radius 2 is 1.51 bits per heavy atom. The van der Waals surface area contributed by atoms with Crippen LogP contribution in [0.4, 0.5) is 27.7 Å². The number of piperazine rings is 1. The monoisotopic (exact) mass is 637 g/mol. The van der Waals surface area contributed by atoms with Gasteiger partial charge in [0, 0.05) is 69.0 Å². The smallest absolute Gasteiger partial charge is 0.323 e. The topological polar surface area (TPSA) is 122 Å². The van der Waals surface area contributed by atoms with E-state index in [1.54, 1.807) is 7.11 Å². The van der Waals surface area contributed by atoms with Crippen LogP contribution < -0.4 is 25.8 Å². The number of hydrogen-bond acceptors (Lipinski definition) is 9. The molecule has 4 fully saturated rings. The van der Waals surface area contributed by atoms with Crippen molar-refractivity contribution < 1.29 is 14.3 Å². The summed E-state index contributed by atoms with van der Waals surface area (Å²) in [5.41, 5.74) is 4.36. The molecular weight excluding hydrogens is 594 g/mol. The van der Waals surface area contributed by atoms with Gasteiger partial charge in [-0.2, -0.15) is 5.10 Å². The Hall–Kier alpha value is -4.26. The van der Waals surface area contributed by atoms with Gasteiger partial charge in [-0.15, -0.1) is 0 Å². The van der Waals surface area contributed by atoms with Crippen molar-refractivity contribution in [2.75, 3.05) is 66.8 Å². The Bertz CT molecular complexity index is 1680. The highest BCUT2D eigenvalue weighted by molar-refractivity contribution is 6.00. The van der Waals surface area contributed by atoms with Crippen LogP contribution in [-0.2, 0) is 9.47 Å². The summed E-state index contributed by atoms with van der Waals surface area (Å²) in [6, 6.07) is 15.7. The second-order valence-corrected chi connectivity index (χ2v) is 13.2. The van der Waals surface area contributed by atoms with E-state index in [1.165, 1.54) is 5.69 Å². The van der Waals surface area contributed by atoms with E-state index in [1.807, 2.05) is 42.6 Å². The predicted octanol–water partition coefficient (Wildman–Crippen LogP) is 5.04. The number of fused-ring (bicyclic) bond motifs is 3. The summed E-state index contributed by atoms with van der Waals surface area (Å²) < 4.78 is 13.9. The number of carbonyl (C=O) groups is 1. The van der Waals surface area contributed by atoms with Crippen LogP contribution in [-0.4, -0.2) is 90.5 Å². The van der Waals surface area contributed by atoms with E-state index in [0.717, 1.165) is 106 Å². The largest absolute Gasteiger partial charge is 0.381 e. The molecule has 3 aliphatic heterocycles. The maximum Gasteiger partial charge on any atom is 0.323 e. The molecule has 2 unspecified atom stereocenters. The molecule has 3 saturated heterocycles. The first-order chi connectivity index (χ1) is 23.1. The molecule has 0 spiro atoms. The number of carbonyl (C=O) groups excluding carboxylic acids is 1. The van der Waals surface area contributed by atoms with Crippen molar-refractivity contribution in [2.24, 2.45) is 0 Å². The lowest BCUT2D eigenvalue weighted by Gasteiger charge is -2.33. The normalized spacial score (nSPS) is 24.4. The molecule has 4 aliphatic rings. The van der Waals surface area contributed by atoms with Gasteiger partial charge in [-0.3, -0.25) is 0 Å². The van der Waals surface area contributed by atoms with Crippen molar-refractivity contribution in [3.8, 4) is 11.4 Å². The molecule has 4 aromatic rings. The Labute approximate surface area is 274 Å². The maximum absolute atomic E-state index is 12.8. The lowest BCUT2D eigenvalue weighted by Crippen LogP contribution is -2.43. The average Bonchev–Trinajstić information content (AvgIpc) is 3.70. The van der Waals surface area contributed by atoms with Gasteiger partial charge in [0.1, 0.15) is 5.82 Å². The van der Waals surface area contributed by atoms with E-state index in [9.17, 15) is 4.79 Å². The van der Waals surface area contributed by atoms with E-state index in [0.29, 0.717) is 17.6 Å². The second kappa shape index (κ2) is 13.1. The van der Waals surface area contributed by atoms with E-state index in [2.05, 4.69) is 42.6 Å². The quantitative estimate of drug-likeness (QED) is 0.256. The van der Waals surface area contributed by atoms with Gasteiger partial charge in [0.15, 0.2) is 11.5 Å². The minimum absolute atomic E-state index is 0.239. The highest BCUT2D eigenvalue weighted by atomic mass is 16.5. The van der Waals surface area contributed by atoms with Crippen LogP contribution in [0.25, 0.3) is 22.4 Å². The summed E-state index contributed by atoms with van der Waals surface area (Å²) in [6.07, 6.45) is 8.97. The first kappa shape index (κ1) is 30.1. The summed E-state index contributed by atoms with van der Waals surface area (Å²) >= 11 is 0. The van der Waals surface area contributed by atoms with Gasteiger partial charge >= 0.3 is 6.03 Å². The van der Waals surface area contributed by atoms with Gasteiger partial charge in [0.2, 0.25) is 0 Å². The summed E-state index contributed by atoms with van der Waals surface area (Å²) in [6.45, 7) is 5.58. The van der Waals surface area contributed by atoms with Gasteiger partial charge in [-0.25, -0.2) is 19.4 Å². The predicted molar refractivity (Wildman–Crippen MR) is 183 cm³/mol. The Balaban J connectivity index is 1.01. The van der Waals surface area contributed by atoms with Crippen molar-refractivity contribution in [1.82, 2.24) is 25.1 Å². The van der Waals surface area contributed by atoms with Crippen LogP contribution in [0.15, 0.2) is 54.7 Å². The molecular formula is C35H43N9O3. The number of morpholine rings is 1. The van der Waals surface area contributed by atoms with Crippen LogP contribution in [0.2, 0.25) is 0 Å². The van der Waals surface area contributed by atoms with Crippen molar-refractivity contribution in [3.63, 3.8) is 0 Å². The minimum atomic E-state index is -0.290. The number of anilines is 4. The molecule has 47 heavy (non-hydrogen) atoms. The number of ether oxygens (including phenoxy) is 2. The number of nitrogens with zero attached hydrogens (tertiary/aromatic N) is 6. The van der Waals surface area contributed by atoms with E-state index in [-0.39, 0.29) is 24.3 Å². The number of amides is 2. The standard InChI is InChI=1S/C35H43N9O3/c1-46-28-12-10-27(11-13-28)44-34-31(20-37-44)33(43-21-29-14-15-30(22-43)47-29)40-32(41-34)23-2-4-24(5-3-23)38-35(45)39-25-6-8-26(9-7-25)42-18-16-36-17-19-42/h2-9,20,27-30,36H,10-19,21-22H2,1H3,(H2,38,39,45). The number of methoxy groups -OCH3 is 1. The third-order valence-corrected chi connectivity index (χ3v) is 10.1. The molecule has 5 heterocycles. The van der Waals surface area contributed by atoms with Crippen molar-refractivity contribution >= 4 is 39.9 Å². The van der Waals surface area contributed by atoms with Crippen molar-refractivity contribution in [3.05, 3.63) is 54.7 Å². The number of benzene rings is 2. The first-order valence-corrected chi connectivity index (χ1v) is 17.0. The Morgan fingerprint density at radius 3 is 2.17 bits per heavy atom. The fourth-order valence-electron chi connectivity index (χ4n) is 7.54. The highest BCUT2D eigenvalue weighted by Crippen LogP contribution is 2.37. The highest BCUT2D eigenvalue weighted by Gasteiger charge is 2.36. The molecule has 1 aliphatic carbocycles. The molecule has 1 saturated carbocycles. The van der Waals surface area contributed by atoms with Crippen LogP contribution in [0.3, 0.4) is 0 Å². The van der Waals surface area contributed by atoms with Crippen LogP contribution in [0, 0.1) is 0 Å². The second-order valence-electron chi connectivity index (χ2n) is 13.2. The van der Waals surface area contributed by atoms with Gasteiger partial charge in [-0.05, 0) is 87.1 Å². The zero-order chi connectivity index (χ0) is 31.7. The molecule has 8 rings (SSSR count). The third kappa shape index (κ3) is 6.37. The van der Waals surface area contributed by atoms with Crippen molar-refractivity contribution in [2.45, 2.75) is 62.9 Å². The zero-order valence-corrected chi connectivity index (χ0v) is 26.9. The molecule has 2 amide bonds. The lowest BCUT2D eigenvalue weighted by molar-refractivity contribution is 0.0303. The molecule has 2 atom stereocenters. The number of urea groups is 1. The van der Waals surface area contributed by atoms with Crippen LogP contribution in [0.1, 0.15) is 44.6 Å². The zero-order valence-electron chi connectivity index (χ0n) is 26.9. The Morgan fingerprint density at radius 1 is 0.851 bits per heavy atom. The Kier molecular flexibility index (Phi) is 8.38. The number of hydrogen-bond donors (Lipinski definition) is 3. The summed E-state index contributed by atoms with van der Waals surface area (Å²) in [5, 5.41) is 15.1. The molecule has 12 nitrogen and oxygen atoms in total. The SMILES string of the molecule is COC1CCC(n2ncc3c(N4CC5CCC(C4)O5)nc(-c4ccc(NC(=O)Nc5ccc(N6CCNCC6)cc5)cc4)nc32)CC1. The van der Waals surface area contributed by atoms with E-state index in [4.69, 9.17) is 24.5 Å². The molecule has 2 aromatic heterocycles.